The molecule has 3 aromatic carbocycles. The van der Waals surface area contributed by atoms with E-state index in [0.717, 1.165) is 4.68 Å². The lowest BCUT2D eigenvalue weighted by atomic mass is 9.97. The maximum Gasteiger partial charge on any atom is 0.310 e. The lowest BCUT2D eigenvalue weighted by Crippen LogP contribution is -2.42. The van der Waals surface area contributed by atoms with Gasteiger partial charge < -0.3 is 19.7 Å². The van der Waals surface area contributed by atoms with E-state index in [9.17, 15) is 18.8 Å². The zero-order valence-electron chi connectivity index (χ0n) is 22.8. The molecule has 1 atom stereocenters. The van der Waals surface area contributed by atoms with Gasteiger partial charge in [-0.2, -0.15) is 9.78 Å². The molecule has 4 aromatic rings. The minimum atomic E-state index is -0.564. The number of esters is 1. The van der Waals surface area contributed by atoms with Crippen LogP contribution in [0, 0.1) is 11.7 Å². The average molecular weight is 591 g/mol. The van der Waals surface area contributed by atoms with Gasteiger partial charge in [0, 0.05) is 29.4 Å². The summed E-state index contributed by atoms with van der Waals surface area (Å²) < 4.78 is 25.8. The SMILES string of the molecule is CCOC(=O)C1CCCN(C(=O)c2cccc(Nc3c(Oc4cccc(Cl)c4)cnn(-c4ccc(F)cc4)c3=O)c2)C1. The number of carbonyl (C=O) groups excluding carboxylic acids is 2. The molecule has 0 aliphatic carbocycles. The van der Waals surface area contributed by atoms with Crippen molar-refractivity contribution in [3.8, 4) is 17.2 Å². The Morgan fingerprint density at radius 1 is 1.10 bits per heavy atom. The summed E-state index contributed by atoms with van der Waals surface area (Å²) in [5, 5.41) is 7.76. The fourth-order valence-electron chi connectivity index (χ4n) is 4.73. The first-order chi connectivity index (χ1) is 20.3. The molecule has 216 valence electrons. The highest BCUT2D eigenvalue weighted by molar-refractivity contribution is 6.30. The van der Waals surface area contributed by atoms with Crippen LogP contribution < -0.4 is 15.6 Å². The minimum Gasteiger partial charge on any atom is -0.466 e. The lowest BCUT2D eigenvalue weighted by Gasteiger charge is -2.31. The summed E-state index contributed by atoms with van der Waals surface area (Å²) in [5.74, 6) is -0.844. The summed E-state index contributed by atoms with van der Waals surface area (Å²) in [5.41, 5.74) is 0.661. The number of aromatic nitrogens is 2. The number of benzene rings is 3. The first-order valence-corrected chi connectivity index (χ1v) is 13.8. The van der Waals surface area contributed by atoms with Crippen LogP contribution in [-0.4, -0.2) is 46.3 Å². The van der Waals surface area contributed by atoms with Crippen molar-refractivity contribution in [2.75, 3.05) is 25.0 Å². The molecule has 0 bridgehead atoms. The highest BCUT2D eigenvalue weighted by Gasteiger charge is 2.30. The predicted octanol–water partition coefficient (Wildman–Crippen LogP) is 5.98. The Morgan fingerprint density at radius 2 is 1.88 bits per heavy atom. The molecule has 1 aliphatic rings. The van der Waals surface area contributed by atoms with Gasteiger partial charge in [-0.25, -0.2) is 4.39 Å². The van der Waals surface area contributed by atoms with E-state index >= 15 is 0 Å². The fraction of sp³-hybridized carbons (Fsp3) is 0.226. The molecular weight excluding hydrogens is 563 g/mol. The van der Waals surface area contributed by atoms with Crippen molar-refractivity contribution in [1.82, 2.24) is 14.7 Å². The third kappa shape index (κ3) is 6.60. The van der Waals surface area contributed by atoms with Crippen LogP contribution in [0.4, 0.5) is 15.8 Å². The van der Waals surface area contributed by atoms with Crippen molar-refractivity contribution in [1.29, 1.82) is 0 Å². The maximum absolute atomic E-state index is 13.7. The summed E-state index contributed by atoms with van der Waals surface area (Å²) in [6.45, 7) is 2.85. The van der Waals surface area contributed by atoms with Crippen LogP contribution in [0.5, 0.6) is 11.5 Å². The van der Waals surface area contributed by atoms with E-state index in [1.54, 1.807) is 60.4 Å². The average Bonchev–Trinajstić information content (AvgIpc) is 2.99. The Hall–Kier alpha value is -4.70. The monoisotopic (exact) mass is 590 g/mol. The molecule has 1 aromatic heterocycles. The molecule has 5 rings (SSSR count). The molecule has 1 unspecified atom stereocenters. The number of rotatable bonds is 8. The van der Waals surface area contributed by atoms with Crippen LogP contribution in [0.25, 0.3) is 5.69 Å². The van der Waals surface area contributed by atoms with Gasteiger partial charge in [0.2, 0.25) is 0 Å². The van der Waals surface area contributed by atoms with Gasteiger partial charge >= 0.3 is 5.97 Å². The first-order valence-electron chi connectivity index (χ1n) is 13.5. The van der Waals surface area contributed by atoms with Crippen molar-refractivity contribution in [2.24, 2.45) is 5.92 Å². The molecule has 1 amide bonds. The van der Waals surface area contributed by atoms with Gasteiger partial charge in [0.25, 0.3) is 11.5 Å². The zero-order valence-corrected chi connectivity index (χ0v) is 23.5. The summed E-state index contributed by atoms with van der Waals surface area (Å²) in [7, 11) is 0. The van der Waals surface area contributed by atoms with E-state index in [2.05, 4.69) is 10.4 Å². The van der Waals surface area contributed by atoms with E-state index in [1.165, 1.54) is 30.5 Å². The van der Waals surface area contributed by atoms with Crippen LogP contribution in [0.15, 0.2) is 83.8 Å². The molecule has 1 fully saturated rings. The van der Waals surface area contributed by atoms with Gasteiger partial charge in [-0.05, 0) is 80.4 Å². The lowest BCUT2D eigenvalue weighted by molar-refractivity contribution is -0.149. The van der Waals surface area contributed by atoms with Crippen molar-refractivity contribution in [2.45, 2.75) is 19.8 Å². The van der Waals surface area contributed by atoms with Crippen LogP contribution in [-0.2, 0) is 9.53 Å². The summed E-state index contributed by atoms with van der Waals surface area (Å²) >= 11 is 6.11. The second-order valence-electron chi connectivity index (χ2n) is 9.68. The third-order valence-corrected chi connectivity index (χ3v) is 6.98. The van der Waals surface area contributed by atoms with Crippen LogP contribution in [0.1, 0.15) is 30.1 Å². The number of piperidine rings is 1. The van der Waals surface area contributed by atoms with Crippen LogP contribution in [0.2, 0.25) is 5.02 Å². The molecule has 11 heteroatoms. The fourth-order valence-corrected chi connectivity index (χ4v) is 4.91. The molecule has 2 heterocycles. The summed E-state index contributed by atoms with van der Waals surface area (Å²) in [6.07, 6.45) is 2.73. The predicted molar refractivity (Wildman–Crippen MR) is 156 cm³/mol. The van der Waals surface area contributed by atoms with Crippen LogP contribution >= 0.6 is 11.6 Å². The van der Waals surface area contributed by atoms with Gasteiger partial charge in [-0.15, -0.1) is 0 Å². The Bertz CT molecular complexity index is 1660. The van der Waals surface area contributed by atoms with Gasteiger partial charge in [0.05, 0.1) is 24.4 Å². The van der Waals surface area contributed by atoms with Crippen molar-refractivity contribution < 1.29 is 23.5 Å². The zero-order chi connectivity index (χ0) is 29.6. The van der Waals surface area contributed by atoms with Gasteiger partial charge in [-0.1, -0.05) is 23.7 Å². The smallest absolute Gasteiger partial charge is 0.310 e. The Balaban J connectivity index is 1.46. The number of ether oxygens (including phenoxy) is 2. The highest BCUT2D eigenvalue weighted by atomic mass is 35.5. The number of nitrogens with zero attached hydrogens (tertiary/aromatic N) is 3. The molecule has 1 saturated heterocycles. The summed E-state index contributed by atoms with van der Waals surface area (Å²) in [6, 6.07) is 18.7. The molecule has 9 nitrogen and oxygen atoms in total. The summed E-state index contributed by atoms with van der Waals surface area (Å²) in [4.78, 5) is 41.0. The molecular formula is C31H28ClFN4O5. The minimum absolute atomic E-state index is 0.0410. The topological polar surface area (TPSA) is 103 Å². The Labute approximate surface area is 246 Å². The van der Waals surface area contributed by atoms with Gasteiger partial charge in [-0.3, -0.25) is 14.4 Å². The van der Waals surface area contributed by atoms with E-state index in [0.29, 0.717) is 47.1 Å². The molecule has 0 saturated carbocycles. The molecule has 0 spiro atoms. The molecule has 1 aliphatic heterocycles. The number of amides is 1. The number of anilines is 2. The number of hydrogen-bond donors (Lipinski definition) is 1. The number of likely N-dealkylation sites (tertiary alicyclic amines) is 1. The third-order valence-electron chi connectivity index (χ3n) is 6.75. The van der Waals surface area contributed by atoms with Crippen molar-refractivity contribution >= 4 is 34.9 Å². The van der Waals surface area contributed by atoms with Crippen LogP contribution in [0.3, 0.4) is 0 Å². The van der Waals surface area contributed by atoms with E-state index in [1.807, 2.05) is 0 Å². The largest absolute Gasteiger partial charge is 0.466 e. The second-order valence-corrected chi connectivity index (χ2v) is 10.1. The number of hydrogen-bond acceptors (Lipinski definition) is 7. The highest BCUT2D eigenvalue weighted by Crippen LogP contribution is 2.31. The van der Waals surface area contributed by atoms with Crippen molar-refractivity contribution in [3.63, 3.8) is 0 Å². The number of nitrogens with one attached hydrogen (secondary N) is 1. The quantitative estimate of drug-likeness (QED) is 0.252. The number of carbonyl (C=O) groups is 2. The molecule has 1 N–H and O–H groups in total. The maximum atomic E-state index is 13.7. The standard InChI is InChI=1S/C31H28ClFN4O5/c1-2-41-31(40)21-7-5-15-36(19-21)29(38)20-6-3-9-24(16-20)35-28-27(42-26-10-4-8-22(32)17-26)18-34-37(30(28)39)25-13-11-23(33)12-14-25/h3-4,6,8-14,16-18,21,35H,2,5,7,15,19H2,1H3. The molecule has 0 radical (unpaired) electrons. The number of halogens is 2. The molecule has 42 heavy (non-hydrogen) atoms. The second kappa shape index (κ2) is 12.9. The first kappa shape index (κ1) is 28.8. The van der Waals surface area contributed by atoms with Gasteiger partial charge in [0.1, 0.15) is 11.6 Å². The van der Waals surface area contributed by atoms with E-state index in [4.69, 9.17) is 21.1 Å². The van der Waals surface area contributed by atoms with E-state index < -0.39 is 11.4 Å². The Morgan fingerprint density at radius 3 is 2.64 bits per heavy atom. The van der Waals surface area contributed by atoms with Crippen molar-refractivity contribution in [3.05, 3.63) is 106 Å². The van der Waals surface area contributed by atoms with Gasteiger partial charge in [0.15, 0.2) is 11.4 Å². The normalized spacial score (nSPS) is 14.7. The van der Waals surface area contributed by atoms with E-state index in [-0.39, 0.29) is 42.4 Å². The Kier molecular flexibility index (Phi) is 8.83.